The monoisotopic (exact) mass is 464 g/mol. The molecule has 3 heterocycles. The Hall–Kier alpha value is -4.08. The molecule has 0 atom stereocenters. The highest BCUT2D eigenvalue weighted by molar-refractivity contribution is 5.94. The SMILES string of the molecule is COc1cc(F)cc(-c2cnc(NC(=O)[C@H]3CC[C@@]4(CC3)OC(=O)c3c[n+]([O-])ccc34)nc2)c1. The first-order valence-electron chi connectivity index (χ1n) is 10.8. The summed E-state index contributed by atoms with van der Waals surface area (Å²) in [5, 5.41) is 14.3. The summed E-state index contributed by atoms with van der Waals surface area (Å²) in [6.45, 7) is 0. The number of anilines is 1. The Morgan fingerprint density at radius 1 is 1.24 bits per heavy atom. The fourth-order valence-corrected chi connectivity index (χ4v) is 4.64. The van der Waals surface area contributed by atoms with Gasteiger partial charge >= 0.3 is 5.97 Å². The van der Waals surface area contributed by atoms with Gasteiger partial charge in [-0.1, -0.05) is 0 Å². The number of carbonyl (C=O) groups is 2. The molecule has 3 aromatic rings. The van der Waals surface area contributed by atoms with Gasteiger partial charge in [0.1, 0.15) is 22.7 Å². The molecule has 1 amide bonds. The Morgan fingerprint density at radius 2 is 1.97 bits per heavy atom. The largest absolute Gasteiger partial charge is 0.619 e. The van der Waals surface area contributed by atoms with E-state index < -0.39 is 17.4 Å². The number of hydrogen-bond donors (Lipinski definition) is 1. The van der Waals surface area contributed by atoms with Gasteiger partial charge in [0, 0.05) is 41.6 Å². The fraction of sp³-hybridized carbons (Fsp3) is 0.292. The number of pyridine rings is 1. The van der Waals surface area contributed by atoms with Gasteiger partial charge in [-0.25, -0.2) is 19.2 Å². The molecule has 1 saturated carbocycles. The predicted molar refractivity (Wildman–Crippen MR) is 117 cm³/mol. The number of nitrogens with zero attached hydrogens (tertiary/aromatic N) is 3. The van der Waals surface area contributed by atoms with Crippen LogP contribution in [0.5, 0.6) is 5.75 Å². The number of methoxy groups -OCH3 is 1. The molecule has 1 fully saturated rings. The van der Waals surface area contributed by atoms with E-state index in [4.69, 9.17) is 9.47 Å². The van der Waals surface area contributed by atoms with Crippen LogP contribution in [0.15, 0.2) is 49.1 Å². The van der Waals surface area contributed by atoms with Gasteiger partial charge in [0.2, 0.25) is 11.9 Å². The number of amides is 1. The molecule has 1 aromatic carbocycles. The number of fused-ring (bicyclic) bond motifs is 2. The van der Waals surface area contributed by atoms with Crippen LogP contribution in [0.4, 0.5) is 10.3 Å². The van der Waals surface area contributed by atoms with Crippen molar-refractivity contribution in [3.63, 3.8) is 0 Å². The zero-order valence-corrected chi connectivity index (χ0v) is 18.3. The molecule has 174 valence electrons. The van der Waals surface area contributed by atoms with Crippen LogP contribution in [-0.4, -0.2) is 29.0 Å². The minimum Gasteiger partial charge on any atom is -0.619 e. The second-order valence-electron chi connectivity index (χ2n) is 8.45. The van der Waals surface area contributed by atoms with Crippen molar-refractivity contribution in [3.05, 3.63) is 71.2 Å². The first kappa shape index (κ1) is 21.7. The van der Waals surface area contributed by atoms with Crippen LogP contribution in [-0.2, 0) is 15.1 Å². The lowest BCUT2D eigenvalue weighted by molar-refractivity contribution is -0.605. The summed E-state index contributed by atoms with van der Waals surface area (Å²) in [5.41, 5.74) is 1.33. The van der Waals surface area contributed by atoms with E-state index in [1.807, 2.05) is 0 Å². The third-order valence-electron chi connectivity index (χ3n) is 6.42. The number of carbonyl (C=O) groups excluding carboxylic acids is 2. The smallest absolute Gasteiger partial charge is 0.345 e. The van der Waals surface area contributed by atoms with E-state index in [1.54, 1.807) is 12.1 Å². The standard InChI is InChI=1S/C24H21FN4O5/c1-33-18-9-15(8-17(25)10-18)16-11-26-23(27-12-16)28-21(30)14-2-5-24(6-3-14)20-4-7-29(32)13-19(20)22(31)34-24/h4,7-14H,2-3,5-6H2,1H3,(H,26,27,28,30)/t14-,24-. The van der Waals surface area contributed by atoms with Crippen LogP contribution >= 0.6 is 0 Å². The van der Waals surface area contributed by atoms with Gasteiger partial charge in [-0.3, -0.25) is 10.1 Å². The zero-order valence-electron chi connectivity index (χ0n) is 18.3. The van der Waals surface area contributed by atoms with Crippen LogP contribution in [0.25, 0.3) is 11.1 Å². The highest BCUT2D eigenvalue weighted by Gasteiger charge is 2.49. The van der Waals surface area contributed by atoms with Crippen LogP contribution < -0.4 is 14.8 Å². The van der Waals surface area contributed by atoms with Crippen LogP contribution in [0.2, 0.25) is 0 Å². The van der Waals surface area contributed by atoms with Gasteiger partial charge in [0.15, 0.2) is 12.4 Å². The van der Waals surface area contributed by atoms with E-state index in [2.05, 4.69) is 15.3 Å². The average molecular weight is 464 g/mol. The Labute approximate surface area is 194 Å². The lowest BCUT2D eigenvalue weighted by atomic mass is 9.75. The topological polar surface area (TPSA) is 117 Å². The predicted octanol–water partition coefficient (Wildman–Crippen LogP) is 3.12. The molecule has 1 N–H and O–H groups in total. The number of hydrogen-bond acceptors (Lipinski definition) is 7. The second-order valence-corrected chi connectivity index (χ2v) is 8.45. The number of rotatable bonds is 4. The number of halogens is 1. The molecule has 0 bridgehead atoms. The first-order chi connectivity index (χ1) is 16.4. The molecule has 9 nitrogen and oxygen atoms in total. The lowest BCUT2D eigenvalue weighted by Crippen LogP contribution is -2.36. The van der Waals surface area contributed by atoms with Crippen molar-refractivity contribution in [1.29, 1.82) is 0 Å². The lowest BCUT2D eigenvalue weighted by Gasteiger charge is -2.35. The number of benzene rings is 1. The van der Waals surface area contributed by atoms with Crippen molar-refractivity contribution in [2.75, 3.05) is 12.4 Å². The quantitative estimate of drug-likeness (QED) is 0.358. The maximum atomic E-state index is 13.8. The van der Waals surface area contributed by atoms with Crippen molar-refractivity contribution in [1.82, 2.24) is 9.97 Å². The summed E-state index contributed by atoms with van der Waals surface area (Å²) in [5.74, 6) is -0.931. The molecule has 0 unspecified atom stereocenters. The van der Waals surface area contributed by atoms with Gasteiger partial charge in [0.25, 0.3) is 0 Å². The molecular formula is C24H21FN4O5. The molecule has 2 aliphatic rings. The average Bonchev–Trinajstić information content (AvgIpc) is 3.09. The Morgan fingerprint density at radius 3 is 2.68 bits per heavy atom. The van der Waals surface area contributed by atoms with Crippen molar-refractivity contribution >= 4 is 17.8 Å². The summed E-state index contributed by atoms with van der Waals surface area (Å²) < 4.78 is 25.1. The molecule has 5 rings (SSSR count). The number of aromatic nitrogens is 3. The van der Waals surface area contributed by atoms with Gasteiger partial charge in [-0.05, 0) is 43.4 Å². The van der Waals surface area contributed by atoms with Crippen LogP contribution in [0, 0.1) is 16.9 Å². The van der Waals surface area contributed by atoms with Gasteiger partial charge in [0.05, 0.1) is 7.11 Å². The van der Waals surface area contributed by atoms with Crippen LogP contribution in [0.3, 0.4) is 0 Å². The van der Waals surface area contributed by atoms with Gasteiger partial charge in [-0.15, -0.1) is 0 Å². The van der Waals surface area contributed by atoms with Crippen molar-refractivity contribution in [2.24, 2.45) is 5.92 Å². The van der Waals surface area contributed by atoms with Crippen molar-refractivity contribution in [2.45, 2.75) is 31.3 Å². The third-order valence-corrected chi connectivity index (χ3v) is 6.42. The summed E-state index contributed by atoms with van der Waals surface area (Å²) in [7, 11) is 1.46. The maximum Gasteiger partial charge on any atom is 0.345 e. The minimum atomic E-state index is -0.790. The Kier molecular flexibility index (Phi) is 5.35. The molecular weight excluding hydrogens is 443 g/mol. The summed E-state index contributed by atoms with van der Waals surface area (Å²) in [6.07, 6.45) is 7.56. The zero-order chi connectivity index (χ0) is 23.9. The van der Waals surface area contributed by atoms with E-state index in [1.165, 1.54) is 44.0 Å². The molecule has 1 aliphatic carbocycles. The normalized spacial score (nSPS) is 21.1. The molecule has 10 heteroatoms. The second kappa shape index (κ2) is 8.36. The molecule has 1 spiro atoms. The summed E-state index contributed by atoms with van der Waals surface area (Å²) >= 11 is 0. The number of ether oxygens (including phenoxy) is 2. The van der Waals surface area contributed by atoms with E-state index in [-0.39, 0.29) is 23.3 Å². The fourth-order valence-electron chi connectivity index (χ4n) is 4.64. The highest BCUT2D eigenvalue weighted by Crippen LogP contribution is 2.47. The van der Waals surface area contributed by atoms with E-state index in [0.717, 1.165) is 0 Å². The maximum absolute atomic E-state index is 13.8. The molecule has 2 aromatic heterocycles. The van der Waals surface area contributed by atoms with E-state index >= 15 is 0 Å². The summed E-state index contributed by atoms with van der Waals surface area (Å²) in [6, 6.07) is 5.92. The van der Waals surface area contributed by atoms with E-state index in [9.17, 15) is 19.2 Å². The Balaban J connectivity index is 1.24. The van der Waals surface area contributed by atoms with Crippen LogP contribution in [0.1, 0.15) is 41.6 Å². The Bertz CT molecular complexity index is 1270. The van der Waals surface area contributed by atoms with E-state index in [0.29, 0.717) is 52.9 Å². The first-order valence-corrected chi connectivity index (χ1v) is 10.8. The molecule has 1 aliphatic heterocycles. The highest BCUT2D eigenvalue weighted by atomic mass is 19.1. The molecule has 34 heavy (non-hydrogen) atoms. The van der Waals surface area contributed by atoms with Crippen molar-refractivity contribution in [3.8, 4) is 16.9 Å². The number of nitrogens with one attached hydrogen (secondary N) is 1. The number of esters is 1. The third kappa shape index (κ3) is 3.91. The molecule has 0 saturated heterocycles. The molecule has 0 radical (unpaired) electrons. The van der Waals surface area contributed by atoms with Crippen molar-refractivity contribution < 1.29 is 28.2 Å². The summed E-state index contributed by atoms with van der Waals surface area (Å²) in [4.78, 5) is 33.4. The minimum absolute atomic E-state index is 0.148. The van der Waals surface area contributed by atoms with Gasteiger partial charge in [-0.2, -0.15) is 4.73 Å². The van der Waals surface area contributed by atoms with Gasteiger partial charge < -0.3 is 14.7 Å².